The van der Waals surface area contributed by atoms with Crippen molar-refractivity contribution in [1.82, 2.24) is 24.5 Å². The molecule has 0 aliphatic carbocycles. The Morgan fingerprint density at radius 3 is 2.82 bits per heavy atom. The van der Waals surface area contributed by atoms with Crippen LogP contribution in [0, 0.1) is 13.8 Å². The molecule has 33 heavy (non-hydrogen) atoms. The number of amides is 1. The summed E-state index contributed by atoms with van der Waals surface area (Å²) in [6.07, 6.45) is 5.00. The number of rotatable bonds is 6. The smallest absolute Gasteiger partial charge is 0.247 e. The summed E-state index contributed by atoms with van der Waals surface area (Å²) in [5.41, 5.74) is 4.52. The summed E-state index contributed by atoms with van der Waals surface area (Å²) in [6.45, 7) is 4.45. The molecule has 166 valence electrons. The van der Waals surface area contributed by atoms with E-state index in [-0.39, 0.29) is 12.5 Å². The summed E-state index contributed by atoms with van der Waals surface area (Å²) in [5, 5.41) is 13.0. The highest BCUT2D eigenvalue weighted by atomic mass is 35.5. The molecular formula is C24H21ClN6O2. The van der Waals surface area contributed by atoms with Crippen molar-refractivity contribution in [2.75, 3.05) is 5.32 Å². The van der Waals surface area contributed by atoms with Crippen molar-refractivity contribution >= 4 is 34.4 Å². The first-order valence-electron chi connectivity index (χ1n) is 10.4. The van der Waals surface area contributed by atoms with Crippen molar-refractivity contribution in [3.8, 4) is 11.3 Å². The molecular weight excluding hydrogens is 440 g/mol. The highest BCUT2D eigenvalue weighted by molar-refractivity contribution is 6.33. The number of anilines is 1. The first-order valence-corrected chi connectivity index (χ1v) is 10.8. The Balaban J connectivity index is 1.35. The van der Waals surface area contributed by atoms with Gasteiger partial charge in [0.25, 0.3) is 0 Å². The van der Waals surface area contributed by atoms with Gasteiger partial charge in [0, 0.05) is 18.0 Å². The van der Waals surface area contributed by atoms with Gasteiger partial charge in [0.05, 0.1) is 23.9 Å². The number of furan rings is 1. The van der Waals surface area contributed by atoms with Crippen molar-refractivity contribution in [2.45, 2.75) is 26.9 Å². The number of fused-ring (bicyclic) bond motifs is 1. The molecule has 0 aliphatic rings. The topological polar surface area (TPSA) is 90.8 Å². The number of hydrogen-bond donors (Lipinski definition) is 1. The fourth-order valence-corrected chi connectivity index (χ4v) is 4.09. The van der Waals surface area contributed by atoms with Crippen LogP contribution in [-0.2, 0) is 17.9 Å². The Morgan fingerprint density at radius 1 is 1.15 bits per heavy atom. The zero-order chi connectivity index (χ0) is 22.9. The fraction of sp³-hybridized carbons (Fsp3) is 0.167. The molecule has 0 radical (unpaired) electrons. The summed E-state index contributed by atoms with van der Waals surface area (Å²) in [5.74, 6) is 0.736. The number of aromatic nitrogens is 5. The third kappa shape index (κ3) is 4.25. The van der Waals surface area contributed by atoms with Crippen molar-refractivity contribution in [3.63, 3.8) is 0 Å². The Labute approximate surface area is 194 Å². The van der Waals surface area contributed by atoms with Crippen LogP contribution in [-0.4, -0.2) is 30.5 Å². The number of nitrogens with one attached hydrogen (secondary N) is 1. The molecule has 0 fully saturated rings. The van der Waals surface area contributed by atoms with Crippen molar-refractivity contribution in [1.29, 1.82) is 0 Å². The third-order valence-corrected chi connectivity index (χ3v) is 5.57. The van der Waals surface area contributed by atoms with Crippen LogP contribution < -0.4 is 5.32 Å². The maximum absolute atomic E-state index is 12.8. The minimum atomic E-state index is -0.299. The van der Waals surface area contributed by atoms with Gasteiger partial charge in [0.15, 0.2) is 11.5 Å². The largest absolute Gasteiger partial charge is 0.464 e. The van der Waals surface area contributed by atoms with E-state index in [0.29, 0.717) is 23.0 Å². The van der Waals surface area contributed by atoms with Gasteiger partial charge in [-0.25, -0.2) is 9.67 Å². The molecule has 5 rings (SSSR count). The first kappa shape index (κ1) is 21.0. The number of carbonyl (C=O) groups is 1. The number of benzene rings is 1. The van der Waals surface area contributed by atoms with Crippen LogP contribution >= 0.6 is 11.6 Å². The lowest BCUT2D eigenvalue weighted by Crippen LogP contribution is -2.20. The lowest BCUT2D eigenvalue weighted by molar-refractivity contribution is -0.116. The van der Waals surface area contributed by atoms with Gasteiger partial charge in [0.2, 0.25) is 5.91 Å². The zero-order valence-electron chi connectivity index (χ0n) is 18.1. The van der Waals surface area contributed by atoms with Gasteiger partial charge in [0.1, 0.15) is 17.3 Å². The van der Waals surface area contributed by atoms with E-state index in [1.807, 2.05) is 50.2 Å². The van der Waals surface area contributed by atoms with Crippen LogP contribution in [0.15, 0.2) is 65.5 Å². The van der Waals surface area contributed by atoms with Gasteiger partial charge in [-0.3, -0.25) is 9.48 Å². The molecule has 9 heteroatoms. The number of pyridine rings is 1. The van der Waals surface area contributed by atoms with Crippen LogP contribution in [0.25, 0.3) is 22.4 Å². The lowest BCUT2D eigenvalue weighted by Gasteiger charge is -2.05. The predicted octanol–water partition coefficient (Wildman–Crippen LogP) is 4.85. The molecule has 8 nitrogen and oxygen atoms in total. The molecule has 0 unspecified atom stereocenters. The second-order valence-corrected chi connectivity index (χ2v) is 8.25. The van der Waals surface area contributed by atoms with Crippen LogP contribution in [0.3, 0.4) is 0 Å². The minimum Gasteiger partial charge on any atom is -0.464 e. The van der Waals surface area contributed by atoms with Crippen molar-refractivity contribution in [3.05, 3.63) is 83.0 Å². The average molecular weight is 461 g/mol. The minimum absolute atomic E-state index is 0.0278. The number of hydrogen-bond acceptors (Lipinski definition) is 5. The van der Waals surface area contributed by atoms with E-state index in [4.69, 9.17) is 16.0 Å². The predicted molar refractivity (Wildman–Crippen MR) is 126 cm³/mol. The normalized spacial score (nSPS) is 11.2. The molecule has 0 saturated heterocycles. The highest BCUT2D eigenvalue weighted by Gasteiger charge is 2.18. The number of aryl methyl sites for hydroxylation is 2. The van der Waals surface area contributed by atoms with Crippen LogP contribution in [0.5, 0.6) is 0 Å². The average Bonchev–Trinajstić information content (AvgIpc) is 3.49. The molecule has 1 N–H and O–H groups in total. The maximum Gasteiger partial charge on any atom is 0.247 e. The number of carbonyl (C=O) groups excluding carboxylic acids is 1. The van der Waals surface area contributed by atoms with Gasteiger partial charge >= 0.3 is 0 Å². The number of nitrogens with zero attached hydrogens (tertiary/aromatic N) is 5. The molecule has 5 aromatic rings. The Bertz CT molecular complexity index is 1450. The molecule has 4 aromatic heterocycles. The second kappa shape index (κ2) is 8.55. The third-order valence-electron chi connectivity index (χ3n) is 5.29. The van der Waals surface area contributed by atoms with Gasteiger partial charge in [-0.05, 0) is 37.6 Å². The zero-order valence-corrected chi connectivity index (χ0v) is 18.9. The van der Waals surface area contributed by atoms with E-state index in [0.717, 1.165) is 28.0 Å². The van der Waals surface area contributed by atoms with E-state index in [9.17, 15) is 4.79 Å². The van der Waals surface area contributed by atoms with Gasteiger partial charge < -0.3 is 9.73 Å². The molecule has 0 atom stereocenters. The summed E-state index contributed by atoms with van der Waals surface area (Å²) in [4.78, 5) is 17.2. The van der Waals surface area contributed by atoms with E-state index < -0.39 is 0 Å². The van der Waals surface area contributed by atoms with E-state index in [1.165, 1.54) is 5.56 Å². The Kier molecular flexibility index (Phi) is 5.43. The fourth-order valence-electron chi connectivity index (χ4n) is 3.90. The van der Waals surface area contributed by atoms with E-state index >= 15 is 0 Å². The van der Waals surface area contributed by atoms with Gasteiger partial charge in [-0.2, -0.15) is 10.2 Å². The summed E-state index contributed by atoms with van der Waals surface area (Å²) >= 11 is 6.32. The Morgan fingerprint density at radius 2 is 2.03 bits per heavy atom. The molecule has 0 saturated carbocycles. The second-order valence-electron chi connectivity index (χ2n) is 7.84. The molecule has 0 spiro atoms. The summed E-state index contributed by atoms with van der Waals surface area (Å²) < 4.78 is 8.83. The molecule has 0 bridgehead atoms. The Hall–Kier alpha value is -3.91. The monoisotopic (exact) mass is 460 g/mol. The van der Waals surface area contributed by atoms with Crippen LogP contribution in [0.2, 0.25) is 5.02 Å². The number of halogens is 1. The van der Waals surface area contributed by atoms with Gasteiger partial charge in [-0.1, -0.05) is 41.4 Å². The standard InChI is InChI=1S/C24H21ClN6O2/c1-15-5-3-6-17(11-15)12-30-13-19(25)23(29-30)27-21(32)14-31-24-22(16(2)28-31)18(8-9-26-24)20-7-4-10-33-20/h3-11,13H,12,14H2,1-2H3,(H,27,29,32). The SMILES string of the molecule is Cc1cccc(Cn2cc(Cl)c(NC(=O)Cn3nc(C)c4c(-c5ccco5)ccnc43)n2)c1. The van der Waals surface area contributed by atoms with E-state index in [1.54, 1.807) is 28.0 Å². The van der Waals surface area contributed by atoms with Crippen molar-refractivity contribution in [2.24, 2.45) is 0 Å². The molecule has 1 amide bonds. The first-order chi connectivity index (χ1) is 16.0. The highest BCUT2D eigenvalue weighted by Crippen LogP contribution is 2.30. The maximum atomic E-state index is 12.8. The van der Waals surface area contributed by atoms with Crippen LogP contribution in [0.1, 0.15) is 16.8 Å². The quantitative estimate of drug-likeness (QED) is 0.391. The van der Waals surface area contributed by atoms with Crippen LogP contribution in [0.4, 0.5) is 5.82 Å². The van der Waals surface area contributed by atoms with E-state index in [2.05, 4.69) is 26.6 Å². The molecule has 4 heterocycles. The summed E-state index contributed by atoms with van der Waals surface area (Å²) in [7, 11) is 0. The summed E-state index contributed by atoms with van der Waals surface area (Å²) in [6, 6.07) is 13.7. The van der Waals surface area contributed by atoms with Crippen molar-refractivity contribution < 1.29 is 9.21 Å². The molecule has 1 aromatic carbocycles. The van der Waals surface area contributed by atoms with Gasteiger partial charge in [-0.15, -0.1) is 0 Å². The molecule has 0 aliphatic heterocycles. The lowest BCUT2D eigenvalue weighted by atomic mass is 10.1.